The maximum Gasteiger partial charge on any atom is 0.220 e. The molecule has 14 heavy (non-hydrogen) atoms. The highest BCUT2D eigenvalue weighted by Crippen LogP contribution is 2.28. The van der Waals surface area contributed by atoms with E-state index >= 15 is 0 Å². The molecule has 1 aliphatic carbocycles. The molecule has 1 atom stereocenters. The zero-order valence-electron chi connectivity index (χ0n) is 9.31. The van der Waals surface area contributed by atoms with Crippen LogP contribution in [0.25, 0.3) is 0 Å². The van der Waals surface area contributed by atoms with Crippen LogP contribution in [0, 0.1) is 0 Å². The lowest BCUT2D eigenvalue weighted by atomic mass is 10.0. The Hall–Kier alpha value is -0.570. The van der Waals surface area contributed by atoms with Gasteiger partial charge >= 0.3 is 0 Å². The van der Waals surface area contributed by atoms with Crippen molar-refractivity contribution in [3.05, 3.63) is 0 Å². The molecule has 1 rings (SSSR count). The van der Waals surface area contributed by atoms with Gasteiger partial charge in [-0.15, -0.1) is 0 Å². The Labute approximate surface area is 86.4 Å². The van der Waals surface area contributed by atoms with Gasteiger partial charge in [0.25, 0.3) is 0 Å². The number of amides is 1. The molecule has 0 aromatic carbocycles. The van der Waals surface area contributed by atoms with Gasteiger partial charge in [-0.05, 0) is 33.1 Å². The zero-order chi connectivity index (χ0) is 10.6. The predicted molar refractivity (Wildman–Crippen MR) is 57.9 cm³/mol. The van der Waals surface area contributed by atoms with Crippen LogP contribution >= 0.6 is 0 Å². The second kappa shape index (κ2) is 4.78. The van der Waals surface area contributed by atoms with Gasteiger partial charge < -0.3 is 11.1 Å². The van der Waals surface area contributed by atoms with Crippen LogP contribution in [-0.4, -0.2) is 17.5 Å². The van der Waals surface area contributed by atoms with Crippen molar-refractivity contribution in [1.82, 2.24) is 5.32 Å². The summed E-state index contributed by atoms with van der Waals surface area (Å²) in [5, 5.41) is 3.12. The summed E-state index contributed by atoms with van der Waals surface area (Å²) in [5.74, 6) is 0.159. The van der Waals surface area contributed by atoms with E-state index in [9.17, 15) is 4.79 Å². The third kappa shape index (κ3) is 3.66. The largest absolute Gasteiger partial charge is 0.351 e. The average Bonchev–Trinajstić information content (AvgIpc) is 2.48. The van der Waals surface area contributed by atoms with Gasteiger partial charge in [-0.2, -0.15) is 0 Å². The van der Waals surface area contributed by atoms with Crippen molar-refractivity contribution in [3.63, 3.8) is 0 Å². The van der Waals surface area contributed by atoms with Crippen LogP contribution in [0.3, 0.4) is 0 Å². The normalized spacial score (nSPS) is 21.9. The van der Waals surface area contributed by atoms with Gasteiger partial charge in [-0.25, -0.2) is 0 Å². The Morgan fingerprint density at radius 2 is 2.07 bits per heavy atom. The predicted octanol–water partition coefficient (Wildman–Crippen LogP) is 1.56. The molecule has 1 amide bonds. The maximum absolute atomic E-state index is 11.5. The lowest BCUT2D eigenvalue weighted by molar-refractivity contribution is -0.123. The van der Waals surface area contributed by atoms with E-state index in [1.54, 1.807) is 0 Å². The van der Waals surface area contributed by atoms with Gasteiger partial charge in [0, 0.05) is 18.0 Å². The fraction of sp³-hybridized carbons (Fsp3) is 0.909. The molecule has 3 heteroatoms. The number of hydrogen-bond acceptors (Lipinski definition) is 2. The van der Waals surface area contributed by atoms with Crippen LogP contribution in [-0.2, 0) is 4.79 Å². The molecule has 0 saturated heterocycles. The molecule has 1 fully saturated rings. The summed E-state index contributed by atoms with van der Waals surface area (Å²) in [4.78, 5) is 11.5. The van der Waals surface area contributed by atoms with Gasteiger partial charge in [-0.1, -0.05) is 12.8 Å². The fourth-order valence-corrected chi connectivity index (χ4v) is 2.04. The molecule has 1 unspecified atom stereocenters. The van der Waals surface area contributed by atoms with Crippen LogP contribution in [0.1, 0.15) is 52.4 Å². The molecule has 3 N–H and O–H groups in total. The zero-order valence-corrected chi connectivity index (χ0v) is 9.31. The van der Waals surface area contributed by atoms with Crippen molar-refractivity contribution < 1.29 is 4.79 Å². The minimum absolute atomic E-state index is 0.0644. The monoisotopic (exact) mass is 198 g/mol. The molecule has 0 aliphatic heterocycles. The maximum atomic E-state index is 11.5. The van der Waals surface area contributed by atoms with Crippen molar-refractivity contribution in [2.24, 2.45) is 5.73 Å². The molecule has 1 aliphatic rings. The van der Waals surface area contributed by atoms with Crippen molar-refractivity contribution >= 4 is 5.91 Å². The first-order chi connectivity index (χ1) is 6.52. The van der Waals surface area contributed by atoms with Crippen molar-refractivity contribution in [2.75, 3.05) is 0 Å². The number of hydrogen-bond donors (Lipinski definition) is 2. The Bertz CT molecular complexity index is 195. The number of carbonyl (C=O) groups is 1. The Morgan fingerprint density at radius 3 is 2.57 bits per heavy atom. The summed E-state index contributed by atoms with van der Waals surface area (Å²) in [5.41, 5.74) is 5.67. The van der Waals surface area contributed by atoms with E-state index in [0.717, 1.165) is 19.3 Å². The van der Waals surface area contributed by atoms with Gasteiger partial charge in [0.05, 0.1) is 0 Å². The minimum atomic E-state index is 0.0644. The van der Waals surface area contributed by atoms with Gasteiger partial charge in [0.1, 0.15) is 0 Å². The van der Waals surface area contributed by atoms with E-state index in [1.807, 2.05) is 6.92 Å². The first kappa shape index (κ1) is 11.5. The van der Waals surface area contributed by atoms with Crippen molar-refractivity contribution in [3.8, 4) is 0 Å². The van der Waals surface area contributed by atoms with Crippen LogP contribution in [0.4, 0.5) is 0 Å². The van der Waals surface area contributed by atoms with E-state index in [4.69, 9.17) is 5.73 Å². The SMILES string of the molecule is CC(N)CCC(=O)NC1(C)CCCC1. The second-order valence-electron chi connectivity index (χ2n) is 4.83. The third-order valence-corrected chi connectivity index (χ3v) is 2.98. The number of rotatable bonds is 4. The summed E-state index contributed by atoms with van der Waals surface area (Å²) in [7, 11) is 0. The van der Waals surface area contributed by atoms with Crippen LogP contribution in [0.5, 0.6) is 0 Å². The summed E-state index contributed by atoms with van der Waals surface area (Å²) < 4.78 is 0. The first-order valence-corrected chi connectivity index (χ1v) is 5.58. The first-order valence-electron chi connectivity index (χ1n) is 5.58. The van der Waals surface area contributed by atoms with Crippen molar-refractivity contribution in [1.29, 1.82) is 0 Å². The van der Waals surface area contributed by atoms with E-state index in [0.29, 0.717) is 6.42 Å². The summed E-state index contributed by atoms with van der Waals surface area (Å²) >= 11 is 0. The summed E-state index contributed by atoms with van der Waals surface area (Å²) in [6, 6.07) is 0.122. The Balaban J connectivity index is 2.25. The molecule has 3 nitrogen and oxygen atoms in total. The highest BCUT2D eigenvalue weighted by atomic mass is 16.1. The Morgan fingerprint density at radius 1 is 1.50 bits per heavy atom. The molecular weight excluding hydrogens is 176 g/mol. The highest BCUT2D eigenvalue weighted by molar-refractivity contribution is 5.76. The molecule has 0 aromatic rings. The molecule has 0 aromatic heterocycles. The molecule has 0 spiro atoms. The fourth-order valence-electron chi connectivity index (χ4n) is 2.04. The van der Waals surface area contributed by atoms with Gasteiger partial charge in [0.15, 0.2) is 0 Å². The lowest BCUT2D eigenvalue weighted by Crippen LogP contribution is -2.43. The topological polar surface area (TPSA) is 55.1 Å². The van der Waals surface area contributed by atoms with Gasteiger partial charge in [0.2, 0.25) is 5.91 Å². The number of nitrogens with one attached hydrogen (secondary N) is 1. The molecule has 0 bridgehead atoms. The smallest absolute Gasteiger partial charge is 0.220 e. The standard InChI is InChI=1S/C11H22N2O/c1-9(12)5-6-10(14)13-11(2)7-3-4-8-11/h9H,3-8,12H2,1-2H3,(H,13,14). The average molecular weight is 198 g/mol. The van der Waals surface area contributed by atoms with E-state index in [1.165, 1.54) is 12.8 Å². The summed E-state index contributed by atoms with van der Waals surface area (Å²) in [6.45, 7) is 4.08. The molecule has 82 valence electrons. The summed E-state index contributed by atoms with van der Waals surface area (Å²) in [6.07, 6.45) is 6.07. The second-order valence-corrected chi connectivity index (χ2v) is 4.83. The Kier molecular flexibility index (Phi) is 3.93. The molecule has 1 saturated carbocycles. The lowest BCUT2D eigenvalue weighted by Gasteiger charge is -2.25. The quantitative estimate of drug-likeness (QED) is 0.720. The van der Waals surface area contributed by atoms with Gasteiger partial charge in [-0.3, -0.25) is 4.79 Å². The van der Waals surface area contributed by atoms with Crippen LogP contribution < -0.4 is 11.1 Å². The minimum Gasteiger partial charge on any atom is -0.351 e. The third-order valence-electron chi connectivity index (χ3n) is 2.98. The van der Waals surface area contributed by atoms with Crippen LogP contribution in [0.15, 0.2) is 0 Å². The highest BCUT2D eigenvalue weighted by Gasteiger charge is 2.29. The van der Waals surface area contributed by atoms with Crippen molar-refractivity contribution in [2.45, 2.75) is 64.0 Å². The molecule has 0 radical (unpaired) electrons. The number of nitrogens with two attached hydrogens (primary N) is 1. The molecule has 0 heterocycles. The van der Waals surface area contributed by atoms with E-state index in [2.05, 4.69) is 12.2 Å². The van der Waals surface area contributed by atoms with E-state index in [-0.39, 0.29) is 17.5 Å². The van der Waals surface area contributed by atoms with Crippen LogP contribution in [0.2, 0.25) is 0 Å². The van der Waals surface area contributed by atoms with E-state index < -0.39 is 0 Å². The number of carbonyl (C=O) groups excluding carboxylic acids is 1. The molecular formula is C11H22N2O.